The molecule has 7 heteroatoms. The normalized spacial score (nSPS) is 16.4. The zero-order chi connectivity index (χ0) is 19.4. The topological polar surface area (TPSA) is 59.6 Å². The van der Waals surface area contributed by atoms with Gasteiger partial charge in [0, 0.05) is 4.47 Å². The van der Waals surface area contributed by atoms with Crippen molar-refractivity contribution in [2.75, 3.05) is 13.7 Å². The molecule has 1 aliphatic heterocycles. The van der Waals surface area contributed by atoms with Crippen LogP contribution >= 0.6 is 28.1 Å². The van der Waals surface area contributed by atoms with Crippen molar-refractivity contribution in [1.82, 2.24) is 10.6 Å². The quantitative estimate of drug-likeness (QED) is 0.535. The maximum atomic E-state index is 12.9. The van der Waals surface area contributed by atoms with Crippen molar-refractivity contribution < 1.29 is 14.3 Å². The number of nitrogens with one attached hydrogen (secondary N) is 2. The molecule has 1 atom stereocenters. The van der Waals surface area contributed by atoms with Crippen LogP contribution in [0.25, 0.3) is 5.70 Å². The van der Waals surface area contributed by atoms with Gasteiger partial charge in [-0.05, 0) is 48.5 Å². The van der Waals surface area contributed by atoms with E-state index in [0.717, 1.165) is 15.6 Å². The molecule has 27 heavy (non-hydrogen) atoms. The molecule has 1 heterocycles. The summed E-state index contributed by atoms with van der Waals surface area (Å²) in [4.78, 5) is 12.9. The zero-order valence-electron chi connectivity index (χ0n) is 14.9. The third kappa shape index (κ3) is 4.14. The first-order chi connectivity index (χ1) is 13.0. The van der Waals surface area contributed by atoms with Gasteiger partial charge in [-0.1, -0.05) is 46.3 Å². The Morgan fingerprint density at radius 1 is 1.22 bits per heavy atom. The van der Waals surface area contributed by atoms with Crippen LogP contribution in [0.3, 0.4) is 0 Å². The minimum Gasteiger partial charge on any atom is -0.497 e. The van der Waals surface area contributed by atoms with Gasteiger partial charge in [-0.2, -0.15) is 0 Å². The van der Waals surface area contributed by atoms with E-state index >= 15 is 0 Å². The minimum atomic E-state index is -0.488. The standard InChI is InChI=1S/C20H19BrN2O3S/c1-3-26-19(24)16-17(12-7-5-4-6-8-12)22-20(27)23-18(16)14-11-13(25-2)9-10-15(14)21/h4-11,18H,3H2,1-2H3,(H2,22,23,27). The first-order valence-electron chi connectivity index (χ1n) is 8.42. The number of halogens is 1. The highest BCUT2D eigenvalue weighted by Crippen LogP contribution is 2.36. The summed E-state index contributed by atoms with van der Waals surface area (Å²) >= 11 is 8.99. The molecule has 2 aromatic rings. The monoisotopic (exact) mass is 446 g/mol. The summed E-state index contributed by atoms with van der Waals surface area (Å²) in [6.45, 7) is 2.06. The summed E-state index contributed by atoms with van der Waals surface area (Å²) in [5, 5.41) is 6.74. The Balaban J connectivity index is 2.22. The minimum absolute atomic E-state index is 0.279. The fourth-order valence-corrected chi connectivity index (χ4v) is 3.62. The molecule has 2 aromatic carbocycles. The number of hydrogen-bond donors (Lipinski definition) is 2. The van der Waals surface area contributed by atoms with Crippen LogP contribution in [0.4, 0.5) is 0 Å². The van der Waals surface area contributed by atoms with Gasteiger partial charge in [-0.25, -0.2) is 4.79 Å². The Bertz CT molecular complexity index is 899. The fourth-order valence-electron chi connectivity index (χ4n) is 2.93. The third-order valence-corrected chi connectivity index (χ3v) is 5.09. The van der Waals surface area contributed by atoms with Crippen LogP contribution in [-0.4, -0.2) is 24.8 Å². The van der Waals surface area contributed by atoms with Crippen LogP contribution in [0.5, 0.6) is 5.75 Å². The number of esters is 1. The van der Waals surface area contributed by atoms with Gasteiger partial charge in [0.1, 0.15) is 5.75 Å². The maximum absolute atomic E-state index is 12.9. The molecule has 0 fully saturated rings. The van der Waals surface area contributed by atoms with Crippen molar-refractivity contribution in [3.05, 3.63) is 69.7 Å². The van der Waals surface area contributed by atoms with Crippen LogP contribution in [0.1, 0.15) is 24.1 Å². The number of thiocarbonyl (C=S) groups is 1. The lowest BCUT2D eigenvalue weighted by molar-refractivity contribution is -0.138. The first kappa shape index (κ1) is 19.4. The molecule has 0 aromatic heterocycles. The molecule has 0 saturated heterocycles. The Kier molecular flexibility index (Phi) is 6.13. The van der Waals surface area contributed by atoms with Crippen molar-refractivity contribution >= 4 is 44.9 Å². The first-order valence-corrected chi connectivity index (χ1v) is 9.63. The second-order valence-electron chi connectivity index (χ2n) is 5.79. The predicted molar refractivity (Wildman–Crippen MR) is 112 cm³/mol. The van der Waals surface area contributed by atoms with Crippen LogP contribution in [0.15, 0.2) is 58.6 Å². The van der Waals surface area contributed by atoms with Crippen LogP contribution < -0.4 is 15.4 Å². The van der Waals surface area contributed by atoms with Crippen molar-refractivity contribution in [2.45, 2.75) is 13.0 Å². The molecule has 1 aliphatic rings. The van der Waals surface area contributed by atoms with Gasteiger partial charge in [-0.3, -0.25) is 0 Å². The van der Waals surface area contributed by atoms with E-state index in [9.17, 15) is 4.79 Å². The summed E-state index contributed by atoms with van der Waals surface area (Å²) in [5.41, 5.74) is 2.78. The second kappa shape index (κ2) is 8.54. The van der Waals surface area contributed by atoms with Crippen molar-refractivity contribution in [2.24, 2.45) is 0 Å². The lowest BCUT2D eigenvalue weighted by Crippen LogP contribution is -2.45. The highest BCUT2D eigenvalue weighted by molar-refractivity contribution is 9.10. The van der Waals surface area contributed by atoms with Gasteiger partial charge >= 0.3 is 5.97 Å². The van der Waals surface area contributed by atoms with Gasteiger partial charge in [0.05, 0.1) is 31.0 Å². The Hall–Kier alpha value is -2.38. The van der Waals surface area contributed by atoms with E-state index < -0.39 is 12.0 Å². The van der Waals surface area contributed by atoms with E-state index in [4.69, 9.17) is 21.7 Å². The van der Waals surface area contributed by atoms with Gasteiger partial charge in [0.25, 0.3) is 0 Å². The number of rotatable bonds is 5. The summed E-state index contributed by atoms with van der Waals surface area (Å²) in [6, 6.07) is 14.7. The van der Waals surface area contributed by atoms with Crippen molar-refractivity contribution in [1.29, 1.82) is 0 Å². The van der Waals surface area contributed by atoms with Gasteiger partial charge in [0.2, 0.25) is 0 Å². The summed E-state index contributed by atoms with van der Waals surface area (Å²) in [5.74, 6) is 0.280. The molecular weight excluding hydrogens is 428 g/mol. The van der Waals surface area contributed by atoms with Crippen LogP contribution in [0, 0.1) is 0 Å². The molecule has 0 saturated carbocycles. The maximum Gasteiger partial charge on any atom is 0.338 e. The van der Waals surface area contributed by atoms with E-state index in [1.807, 2.05) is 48.5 Å². The van der Waals surface area contributed by atoms with Crippen LogP contribution in [-0.2, 0) is 9.53 Å². The number of hydrogen-bond acceptors (Lipinski definition) is 4. The summed E-state index contributed by atoms with van der Waals surface area (Å²) in [7, 11) is 1.60. The number of benzene rings is 2. The zero-order valence-corrected chi connectivity index (χ0v) is 17.3. The molecule has 1 unspecified atom stereocenters. The van der Waals surface area contributed by atoms with Gasteiger partial charge in [-0.15, -0.1) is 0 Å². The average molecular weight is 447 g/mol. The predicted octanol–water partition coefficient (Wildman–Crippen LogP) is 3.95. The molecular formula is C20H19BrN2O3S. The molecule has 140 valence electrons. The number of carbonyl (C=O) groups is 1. The van der Waals surface area contributed by atoms with E-state index in [2.05, 4.69) is 26.6 Å². The fraction of sp³-hybridized carbons (Fsp3) is 0.200. The molecule has 0 spiro atoms. The molecule has 0 aliphatic carbocycles. The largest absolute Gasteiger partial charge is 0.497 e. The van der Waals surface area contributed by atoms with E-state index in [0.29, 0.717) is 22.1 Å². The summed E-state index contributed by atoms with van der Waals surface area (Å²) < 4.78 is 11.5. The molecule has 0 amide bonds. The summed E-state index contributed by atoms with van der Waals surface area (Å²) in [6.07, 6.45) is 0. The number of ether oxygens (including phenoxy) is 2. The lowest BCUT2D eigenvalue weighted by atomic mass is 9.92. The molecule has 0 radical (unpaired) electrons. The molecule has 3 rings (SSSR count). The van der Waals surface area contributed by atoms with Crippen molar-refractivity contribution in [3.8, 4) is 5.75 Å². The van der Waals surface area contributed by atoms with Gasteiger partial charge in [0.15, 0.2) is 5.11 Å². The Labute approximate surface area is 171 Å². The SMILES string of the molecule is CCOC(=O)C1=C(c2ccccc2)NC(=S)NC1c1cc(OC)ccc1Br. The van der Waals surface area contributed by atoms with Crippen LogP contribution in [0.2, 0.25) is 0 Å². The lowest BCUT2D eigenvalue weighted by Gasteiger charge is -2.31. The Morgan fingerprint density at radius 2 is 1.96 bits per heavy atom. The average Bonchev–Trinajstić information content (AvgIpc) is 2.68. The van der Waals surface area contributed by atoms with E-state index in [-0.39, 0.29) is 6.61 Å². The highest BCUT2D eigenvalue weighted by atomic mass is 79.9. The number of carbonyl (C=O) groups excluding carboxylic acids is 1. The van der Waals surface area contributed by atoms with E-state index in [1.165, 1.54) is 0 Å². The number of methoxy groups -OCH3 is 1. The molecule has 5 nitrogen and oxygen atoms in total. The van der Waals surface area contributed by atoms with Crippen molar-refractivity contribution in [3.63, 3.8) is 0 Å². The molecule has 2 N–H and O–H groups in total. The van der Waals surface area contributed by atoms with E-state index in [1.54, 1.807) is 14.0 Å². The highest BCUT2D eigenvalue weighted by Gasteiger charge is 2.34. The smallest absolute Gasteiger partial charge is 0.338 e. The third-order valence-electron chi connectivity index (χ3n) is 4.14. The Morgan fingerprint density at radius 3 is 2.63 bits per heavy atom. The second-order valence-corrected chi connectivity index (χ2v) is 7.06. The van der Waals surface area contributed by atoms with Gasteiger partial charge < -0.3 is 20.1 Å². The molecule has 0 bridgehead atoms.